The predicted octanol–water partition coefficient (Wildman–Crippen LogP) is 4.83. The van der Waals surface area contributed by atoms with Crippen LogP contribution >= 0.6 is 11.3 Å². The Balaban J connectivity index is 1.47. The minimum Gasteiger partial charge on any atom is -0.356 e. The van der Waals surface area contributed by atoms with Crippen LogP contribution in [0.4, 0.5) is 4.39 Å². The summed E-state index contributed by atoms with van der Waals surface area (Å²) in [6.45, 7) is 5.22. The topological polar surface area (TPSA) is 80.2 Å². The summed E-state index contributed by atoms with van der Waals surface area (Å²) >= 11 is 1.32. The number of carbonyl (C=O) groups excluding carboxylic acids is 1. The second kappa shape index (κ2) is 11.8. The molecule has 0 saturated heterocycles. The van der Waals surface area contributed by atoms with Crippen LogP contribution < -0.4 is 5.32 Å². The molecule has 0 aliphatic carbocycles. The van der Waals surface area contributed by atoms with Gasteiger partial charge in [0.15, 0.2) is 5.82 Å². The quantitative estimate of drug-likeness (QED) is 0.484. The monoisotopic (exact) mass is 493 g/mol. The van der Waals surface area contributed by atoms with Gasteiger partial charge >= 0.3 is 0 Å². The minimum atomic E-state index is -0.369. The first-order valence-electron chi connectivity index (χ1n) is 11.5. The number of aromatic nitrogens is 3. The maximum absolute atomic E-state index is 14.4. The highest BCUT2D eigenvalue weighted by molar-refractivity contribution is 7.15. The number of nitrogens with zero attached hydrogens (tertiary/aromatic N) is 4. The predicted molar refractivity (Wildman–Crippen MR) is 135 cm³/mol. The molecule has 182 valence electrons. The van der Waals surface area contributed by atoms with Crippen molar-refractivity contribution in [3.05, 3.63) is 83.4 Å². The molecule has 9 heteroatoms. The highest BCUT2D eigenvalue weighted by Gasteiger charge is 2.23. The maximum Gasteiger partial charge on any atom is 0.271 e. The summed E-state index contributed by atoms with van der Waals surface area (Å²) in [6, 6.07) is 8.11. The minimum absolute atomic E-state index is 0.128. The number of amides is 1. The fraction of sp³-hybridized carbons (Fsp3) is 0.308. The normalized spacial score (nSPS) is 17.1. The number of benzene rings is 1. The van der Waals surface area contributed by atoms with E-state index in [1.165, 1.54) is 17.4 Å². The molecular weight excluding hydrogens is 465 g/mol. The highest BCUT2D eigenvalue weighted by atomic mass is 32.1. The molecule has 0 saturated carbocycles. The number of halogens is 1. The van der Waals surface area contributed by atoms with Crippen molar-refractivity contribution in [3.8, 4) is 10.4 Å². The van der Waals surface area contributed by atoms with E-state index in [4.69, 9.17) is 4.74 Å². The fourth-order valence-corrected chi connectivity index (χ4v) is 4.81. The molecule has 0 unspecified atom stereocenters. The molecule has 0 fully saturated rings. The molecule has 2 aromatic heterocycles. The van der Waals surface area contributed by atoms with Gasteiger partial charge in [-0.2, -0.15) is 0 Å². The van der Waals surface area contributed by atoms with Crippen LogP contribution in [0.5, 0.6) is 0 Å². The Kier molecular flexibility index (Phi) is 8.33. The first-order chi connectivity index (χ1) is 17.0. The Morgan fingerprint density at radius 2 is 2.06 bits per heavy atom. The first-order valence-corrected chi connectivity index (χ1v) is 12.4. The summed E-state index contributed by atoms with van der Waals surface area (Å²) < 4.78 is 20.3. The fourth-order valence-electron chi connectivity index (χ4n) is 3.87. The first kappa shape index (κ1) is 24.7. The summed E-state index contributed by atoms with van der Waals surface area (Å²) in [5.74, 6) is -0.0242. The van der Waals surface area contributed by atoms with E-state index in [0.29, 0.717) is 41.2 Å². The lowest BCUT2D eigenvalue weighted by atomic mass is 10.1. The molecule has 1 aliphatic rings. The number of carbonyl (C=O) groups is 1. The Labute approximate surface area is 208 Å². The van der Waals surface area contributed by atoms with Crippen molar-refractivity contribution in [1.29, 1.82) is 0 Å². The lowest BCUT2D eigenvalue weighted by Gasteiger charge is -2.27. The van der Waals surface area contributed by atoms with Crippen molar-refractivity contribution >= 4 is 22.8 Å². The molecule has 1 aromatic carbocycles. The van der Waals surface area contributed by atoms with Gasteiger partial charge in [-0.15, -0.1) is 11.3 Å². The van der Waals surface area contributed by atoms with E-state index < -0.39 is 0 Å². The van der Waals surface area contributed by atoms with Gasteiger partial charge in [0.2, 0.25) is 0 Å². The van der Waals surface area contributed by atoms with E-state index >= 15 is 0 Å². The van der Waals surface area contributed by atoms with Crippen LogP contribution in [0, 0.1) is 12.7 Å². The number of thiazole rings is 1. The molecule has 35 heavy (non-hydrogen) atoms. The van der Waals surface area contributed by atoms with E-state index in [0.717, 1.165) is 18.4 Å². The number of ether oxygens (including phenoxy) is 1. The van der Waals surface area contributed by atoms with Gasteiger partial charge in [-0.1, -0.05) is 37.6 Å². The third kappa shape index (κ3) is 6.37. The van der Waals surface area contributed by atoms with Crippen LogP contribution in [0.1, 0.15) is 41.1 Å². The summed E-state index contributed by atoms with van der Waals surface area (Å²) in [5.41, 5.74) is 1.55. The van der Waals surface area contributed by atoms with Crippen molar-refractivity contribution in [2.75, 3.05) is 19.9 Å². The molecule has 7 nitrogen and oxygen atoms in total. The second-order valence-electron chi connectivity index (χ2n) is 8.20. The Hall–Kier alpha value is -3.43. The van der Waals surface area contributed by atoms with Crippen LogP contribution in [-0.2, 0) is 4.74 Å². The van der Waals surface area contributed by atoms with E-state index in [1.54, 1.807) is 36.7 Å². The van der Waals surface area contributed by atoms with Gasteiger partial charge in [0.05, 0.1) is 16.5 Å². The summed E-state index contributed by atoms with van der Waals surface area (Å²) in [5, 5.41) is 3.82. The molecule has 1 atom stereocenters. The Morgan fingerprint density at radius 1 is 1.26 bits per heavy atom. The number of hydrogen-bond donors (Lipinski definition) is 1. The molecule has 0 radical (unpaired) electrons. The number of nitrogens with one attached hydrogen (secondary N) is 1. The standard InChI is InChI=1S/C26H28FN5O2S/c1-3-8-20(15-32-14-6-9-19(16-34-17-32)25-28-12-7-13-29-25)31-26(33)23-24(35-18(2)30-23)21-10-4-5-11-22(21)27/h4-7,9-14,20H,3,8,15-17H2,1-2H3,(H,31,33)/b14-6-,19-9+/t20-/m0/s1. The Morgan fingerprint density at radius 3 is 2.83 bits per heavy atom. The van der Waals surface area contributed by atoms with Crippen LogP contribution in [0.15, 0.2) is 61.1 Å². The largest absolute Gasteiger partial charge is 0.356 e. The Bertz CT molecular complexity index is 1210. The van der Waals surface area contributed by atoms with Gasteiger partial charge in [0, 0.05) is 42.3 Å². The summed E-state index contributed by atoms with van der Waals surface area (Å²) in [7, 11) is 0. The van der Waals surface area contributed by atoms with E-state index in [9.17, 15) is 9.18 Å². The molecule has 3 aromatic rings. The molecule has 1 amide bonds. The average molecular weight is 494 g/mol. The van der Waals surface area contributed by atoms with E-state index in [2.05, 4.69) is 27.2 Å². The maximum atomic E-state index is 14.4. The zero-order valence-electron chi connectivity index (χ0n) is 19.8. The van der Waals surface area contributed by atoms with Gasteiger partial charge < -0.3 is 15.0 Å². The molecule has 1 aliphatic heterocycles. The van der Waals surface area contributed by atoms with E-state index in [-0.39, 0.29) is 23.5 Å². The molecular formula is C26H28FN5O2S. The van der Waals surface area contributed by atoms with Crippen molar-refractivity contribution in [2.24, 2.45) is 0 Å². The summed E-state index contributed by atoms with van der Waals surface area (Å²) in [6.07, 6.45) is 10.9. The van der Waals surface area contributed by atoms with Crippen LogP contribution in [0.25, 0.3) is 16.0 Å². The van der Waals surface area contributed by atoms with Gasteiger partial charge in [0.25, 0.3) is 5.91 Å². The molecule has 0 bridgehead atoms. The van der Waals surface area contributed by atoms with Crippen molar-refractivity contribution in [2.45, 2.75) is 32.7 Å². The SMILES string of the molecule is CCC[C@@H](CN1/C=C\C=C(\c2ncccn2)COC1)NC(=O)c1nc(C)sc1-c1ccccc1F. The zero-order chi connectivity index (χ0) is 24.6. The van der Waals surface area contributed by atoms with Gasteiger partial charge in [0.1, 0.15) is 18.2 Å². The lowest BCUT2D eigenvalue weighted by molar-refractivity contribution is 0.0658. The van der Waals surface area contributed by atoms with Gasteiger partial charge in [-0.05, 0) is 31.6 Å². The third-order valence-corrected chi connectivity index (χ3v) is 6.46. The molecule has 3 heterocycles. The number of rotatable bonds is 8. The van der Waals surface area contributed by atoms with Crippen molar-refractivity contribution in [1.82, 2.24) is 25.2 Å². The third-order valence-electron chi connectivity index (χ3n) is 5.46. The van der Waals surface area contributed by atoms with Gasteiger partial charge in [-0.3, -0.25) is 4.79 Å². The zero-order valence-corrected chi connectivity index (χ0v) is 20.6. The highest BCUT2D eigenvalue weighted by Crippen LogP contribution is 2.32. The van der Waals surface area contributed by atoms with Crippen LogP contribution in [0.3, 0.4) is 0 Å². The molecule has 0 spiro atoms. The average Bonchev–Trinajstić information content (AvgIpc) is 3.23. The number of allylic oxidation sites excluding steroid dienone is 2. The van der Waals surface area contributed by atoms with Crippen molar-refractivity contribution < 1.29 is 13.9 Å². The second-order valence-corrected chi connectivity index (χ2v) is 9.41. The smallest absolute Gasteiger partial charge is 0.271 e. The van der Waals surface area contributed by atoms with Crippen molar-refractivity contribution in [3.63, 3.8) is 0 Å². The van der Waals surface area contributed by atoms with Gasteiger partial charge in [-0.25, -0.2) is 19.3 Å². The van der Waals surface area contributed by atoms with Crippen LogP contribution in [-0.4, -0.2) is 51.7 Å². The summed E-state index contributed by atoms with van der Waals surface area (Å²) in [4.78, 5) is 28.8. The van der Waals surface area contributed by atoms with E-state index in [1.807, 2.05) is 30.2 Å². The lowest BCUT2D eigenvalue weighted by Crippen LogP contribution is -2.43. The number of aryl methyl sites for hydroxylation is 1. The number of hydrogen-bond acceptors (Lipinski definition) is 7. The molecule has 1 N–H and O–H groups in total. The molecule has 4 rings (SSSR count). The van der Waals surface area contributed by atoms with Crippen LogP contribution in [0.2, 0.25) is 0 Å².